The van der Waals surface area contributed by atoms with Crippen molar-refractivity contribution in [3.05, 3.63) is 71.8 Å². The highest BCUT2D eigenvalue weighted by Crippen LogP contribution is 2.28. The molecule has 1 atom stereocenters. The van der Waals surface area contributed by atoms with Gasteiger partial charge < -0.3 is 10.2 Å². The summed E-state index contributed by atoms with van der Waals surface area (Å²) < 4.78 is 1.75. The number of nitrogens with one attached hydrogen (secondary N) is 1. The summed E-state index contributed by atoms with van der Waals surface area (Å²) in [5.74, 6) is 1.88. The molecule has 3 aromatic heterocycles. The Morgan fingerprint density at radius 1 is 1.20 bits per heavy atom. The predicted octanol–water partition coefficient (Wildman–Crippen LogP) is 3.68. The van der Waals surface area contributed by atoms with E-state index in [2.05, 4.69) is 26.4 Å². The first kappa shape index (κ1) is 19.8. The van der Waals surface area contributed by atoms with Crippen LogP contribution in [0, 0.1) is 6.92 Å². The lowest BCUT2D eigenvalue weighted by Crippen LogP contribution is -2.38. The number of pyridine rings is 2. The molecule has 3 aromatic rings. The van der Waals surface area contributed by atoms with Crippen molar-refractivity contribution in [1.82, 2.24) is 24.6 Å². The summed E-state index contributed by atoms with van der Waals surface area (Å²) in [5, 5.41) is 7.40. The molecule has 1 N–H and O–H groups in total. The van der Waals surface area contributed by atoms with Crippen LogP contribution in [0.1, 0.15) is 35.7 Å². The van der Waals surface area contributed by atoms with Crippen LogP contribution in [0.15, 0.2) is 54.9 Å². The number of amides is 1. The van der Waals surface area contributed by atoms with E-state index < -0.39 is 0 Å². The number of carbonyl (C=O) groups excluding carboxylic acids is 1. The van der Waals surface area contributed by atoms with E-state index in [1.54, 1.807) is 17.0 Å². The van der Waals surface area contributed by atoms with Crippen LogP contribution in [-0.4, -0.2) is 43.6 Å². The molecule has 4 heterocycles. The Morgan fingerprint density at radius 3 is 2.90 bits per heavy atom. The highest BCUT2D eigenvalue weighted by Gasteiger charge is 2.24. The van der Waals surface area contributed by atoms with Gasteiger partial charge in [-0.15, -0.1) is 0 Å². The lowest BCUT2D eigenvalue weighted by Gasteiger charge is -2.32. The van der Waals surface area contributed by atoms with Crippen LogP contribution in [0.3, 0.4) is 0 Å². The van der Waals surface area contributed by atoms with Gasteiger partial charge in [0.05, 0.1) is 5.69 Å². The zero-order chi connectivity index (χ0) is 20.9. The van der Waals surface area contributed by atoms with Crippen molar-refractivity contribution in [3.8, 4) is 0 Å². The van der Waals surface area contributed by atoms with E-state index in [4.69, 9.17) is 0 Å². The Kier molecular flexibility index (Phi) is 5.88. The number of aromatic nitrogens is 4. The Balaban J connectivity index is 1.43. The maximum absolute atomic E-state index is 12.7. The molecule has 1 amide bonds. The monoisotopic (exact) mass is 402 g/mol. The first-order chi connectivity index (χ1) is 14.6. The van der Waals surface area contributed by atoms with Crippen LogP contribution in [0.2, 0.25) is 0 Å². The summed E-state index contributed by atoms with van der Waals surface area (Å²) >= 11 is 0. The first-order valence-electron chi connectivity index (χ1n) is 10.2. The molecule has 30 heavy (non-hydrogen) atoms. The molecule has 7 nitrogen and oxygen atoms in total. The number of nitrogens with zero attached hydrogens (tertiary/aromatic N) is 5. The van der Waals surface area contributed by atoms with Crippen molar-refractivity contribution >= 4 is 23.6 Å². The van der Waals surface area contributed by atoms with Crippen molar-refractivity contribution in [2.24, 2.45) is 7.05 Å². The summed E-state index contributed by atoms with van der Waals surface area (Å²) in [7, 11) is 1.86. The van der Waals surface area contributed by atoms with E-state index in [1.807, 2.05) is 61.5 Å². The number of hydrogen-bond donors (Lipinski definition) is 1. The SMILES string of the molecule is Cc1cccc(Nc2cc([C@H]3CCCN(C(=O)/C=C/c4ccnn4C)C3)ccn2)n1. The number of piperidine rings is 1. The molecular weight excluding hydrogens is 376 g/mol. The van der Waals surface area contributed by atoms with Gasteiger partial charge in [0.25, 0.3) is 0 Å². The second-order valence-electron chi connectivity index (χ2n) is 7.60. The average molecular weight is 403 g/mol. The molecule has 0 saturated carbocycles. The van der Waals surface area contributed by atoms with Gasteiger partial charge in [-0.3, -0.25) is 9.48 Å². The molecule has 1 fully saturated rings. The summed E-state index contributed by atoms with van der Waals surface area (Å²) in [6, 6.07) is 11.9. The molecule has 0 bridgehead atoms. The van der Waals surface area contributed by atoms with E-state index in [9.17, 15) is 4.79 Å². The largest absolute Gasteiger partial charge is 0.339 e. The number of likely N-dealkylation sites (tertiary alicyclic amines) is 1. The van der Waals surface area contributed by atoms with E-state index in [-0.39, 0.29) is 5.91 Å². The van der Waals surface area contributed by atoms with Gasteiger partial charge >= 0.3 is 0 Å². The van der Waals surface area contributed by atoms with Crippen LogP contribution in [0.25, 0.3) is 6.08 Å². The summed E-state index contributed by atoms with van der Waals surface area (Å²) in [6.07, 6.45) is 9.05. The van der Waals surface area contributed by atoms with Crippen molar-refractivity contribution in [1.29, 1.82) is 0 Å². The Labute approximate surface area is 176 Å². The highest BCUT2D eigenvalue weighted by molar-refractivity contribution is 5.91. The lowest BCUT2D eigenvalue weighted by molar-refractivity contribution is -0.127. The maximum atomic E-state index is 12.7. The normalized spacial score (nSPS) is 16.7. The molecule has 1 saturated heterocycles. The quantitative estimate of drug-likeness (QED) is 0.659. The van der Waals surface area contributed by atoms with Gasteiger partial charge in [-0.1, -0.05) is 6.07 Å². The van der Waals surface area contributed by atoms with Gasteiger partial charge in [0.2, 0.25) is 5.91 Å². The second kappa shape index (κ2) is 8.90. The van der Waals surface area contributed by atoms with Gasteiger partial charge in [-0.2, -0.15) is 5.10 Å². The third kappa shape index (κ3) is 4.74. The number of anilines is 2. The van der Waals surface area contributed by atoms with Crippen LogP contribution < -0.4 is 5.32 Å². The molecule has 1 aliphatic rings. The smallest absolute Gasteiger partial charge is 0.246 e. The zero-order valence-corrected chi connectivity index (χ0v) is 17.3. The summed E-state index contributed by atoms with van der Waals surface area (Å²) in [6.45, 7) is 3.46. The topological polar surface area (TPSA) is 75.9 Å². The van der Waals surface area contributed by atoms with E-state index in [1.165, 1.54) is 5.56 Å². The van der Waals surface area contributed by atoms with Crippen LogP contribution >= 0.6 is 0 Å². The number of carbonyl (C=O) groups is 1. The van der Waals surface area contributed by atoms with Crippen molar-refractivity contribution < 1.29 is 4.79 Å². The molecule has 154 valence electrons. The molecule has 0 aliphatic carbocycles. The van der Waals surface area contributed by atoms with Crippen LogP contribution in [0.4, 0.5) is 11.6 Å². The third-order valence-corrected chi connectivity index (χ3v) is 5.39. The van der Waals surface area contributed by atoms with Crippen molar-refractivity contribution in [2.45, 2.75) is 25.7 Å². The lowest BCUT2D eigenvalue weighted by atomic mass is 9.91. The molecular formula is C23H26N6O. The van der Waals surface area contributed by atoms with Gasteiger partial charge in [-0.05, 0) is 61.7 Å². The first-order valence-corrected chi connectivity index (χ1v) is 10.2. The third-order valence-electron chi connectivity index (χ3n) is 5.39. The predicted molar refractivity (Wildman–Crippen MR) is 117 cm³/mol. The summed E-state index contributed by atoms with van der Waals surface area (Å²) in [4.78, 5) is 23.5. The van der Waals surface area contributed by atoms with Gasteiger partial charge in [0.15, 0.2) is 0 Å². The van der Waals surface area contributed by atoms with Crippen molar-refractivity contribution in [3.63, 3.8) is 0 Å². The van der Waals surface area contributed by atoms with E-state index in [0.717, 1.165) is 42.4 Å². The molecule has 7 heteroatoms. The standard InChI is InChI=1S/C23H26N6O/c1-17-5-3-7-21(26-17)27-22-15-18(10-12-24-22)19-6-4-14-29(16-19)23(30)9-8-20-11-13-25-28(20)2/h3,5,7-13,15,19H,4,6,14,16H2,1-2H3,(H,24,26,27)/b9-8+/t19-/m0/s1. The molecule has 0 unspecified atom stereocenters. The average Bonchev–Trinajstić information content (AvgIpc) is 3.17. The minimum absolute atomic E-state index is 0.0391. The van der Waals surface area contributed by atoms with Crippen LogP contribution in [0.5, 0.6) is 0 Å². The Bertz CT molecular complexity index is 1060. The zero-order valence-electron chi connectivity index (χ0n) is 17.3. The molecule has 1 aliphatic heterocycles. The van der Waals surface area contributed by atoms with Gasteiger partial charge in [0.1, 0.15) is 11.6 Å². The van der Waals surface area contributed by atoms with Gasteiger partial charge in [0, 0.05) is 50.2 Å². The fourth-order valence-electron chi connectivity index (χ4n) is 3.77. The summed E-state index contributed by atoms with van der Waals surface area (Å²) in [5.41, 5.74) is 3.05. The molecule has 4 rings (SSSR count). The number of rotatable bonds is 5. The number of aryl methyl sites for hydroxylation is 2. The van der Waals surface area contributed by atoms with Gasteiger partial charge in [-0.25, -0.2) is 9.97 Å². The second-order valence-corrected chi connectivity index (χ2v) is 7.60. The fraction of sp³-hybridized carbons (Fsp3) is 0.304. The van der Waals surface area contributed by atoms with Crippen LogP contribution in [-0.2, 0) is 11.8 Å². The fourth-order valence-corrected chi connectivity index (χ4v) is 3.77. The molecule has 0 radical (unpaired) electrons. The Hall–Kier alpha value is -3.48. The highest BCUT2D eigenvalue weighted by atomic mass is 16.2. The minimum Gasteiger partial charge on any atom is -0.339 e. The molecule has 0 spiro atoms. The van der Waals surface area contributed by atoms with E-state index >= 15 is 0 Å². The maximum Gasteiger partial charge on any atom is 0.246 e. The number of hydrogen-bond acceptors (Lipinski definition) is 5. The Morgan fingerprint density at radius 2 is 2.10 bits per heavy atom. The molecule has 0 aromatic carbocycles. The van der Waals surface area contributed by atoms with E-state index in [0.29, 0.717) is 12.5 Å². The minimum atomic E-state index is 0.0391. The van der Waals surface area contributed by atoms with Crippen molar-refractivity contribution in [2.75, 3.05) is 18.4 Å².